The quantitative estimate of drug-likeness (QED) is 0.846. The van der Waals surface area contributed by atoms with Gasteiger partial charge in [0, 0.05) is 23.2 Å². The van der Waals surface area contributed by atoms with E-state index in [1.807, 2.05) is 31.2 Å². The summed E-state index contributed by atoms with van der Waals surface area (Å²) < 4.78 is 5.22. The van der Waals surface area contributed by atoms with E-state index in [9.17, 15) is 5.11 Å². The predicted molar refractivity (Wildman–Crippen MR) is 86.4 cm³/mol. The van der Waals surface area contributed by atoms with Crippen LogP contribution in [-0.4, -0.2) is 12.2 Å². The molecule has 1 atom stereocenters. The second-order valence-electron chi connectivity index (χ2n) is 4.77. The predicted octanol–water partition coefficient (Wildman–Crippen LogP) is 4.56. The fourth-order valence-corrected chi connectivity index (χ4v) is 2.58. The van der Waals surface area contributed by atoms with Crippen LogP contribution in [0.1, 0.15) is 24.1 Å². The molecule has 0 radical (unpaired) electrons. The van der Waals surface area contributed by atoms with Gasteiger partial charge in [0.15, 0.2) is 0 Å². The maximum atomic E-state index is 9.94. The van der Waals surface area contributed by atoms with E-state index in [0.29, 0.717) is 17.1 Å². The summed E-state index contributed by atoms with van der Waals surface area (Å²) in [6, 6.07) is 11.2. The molecule has 0 saturated heterocycles. The molecule has 0 saturated carbocycles. The van der Waals surface area contributed by atoms with Crippen LogP contribution in [0.5, 0.6) is 11.5 Å². The zero-order valence-corrected chi connectivity index (χ0v) is 13.4. The van der Waals surface area contributed by atoms with Crippen molar-refractivity contribution in [1.29, 1.82) is 0 Å². The molecule has 0 bridgehead atoms. The summed E-state index contributed by atoms with van der Waals surface area (Å²) in [4.78, 5) is 0. The summed E-state index contributed by atoms with van der Waals surface area (Å²) in [5, 5.41) is 14.0. The normalized spacial score (nSPS) is 12.2. The second kappa shape index (κ2) is 7.03. The van der Waals surface area contributed by atoms with Crippen LogP contribution in [0.15, 0.2) is 36.4 Å². The Morgan fingerprint density at radius 2 is 2.00 bits per heavy atom. The molecule has 2 rings (SSSR count). The van der Waals surface area contributed by atoms with Gasteiger partial charge in [-0.1, -0.05) is 35.3 Å². The largest absolute Gasteiger partial charge is 0.506 e. The van der Waals surface area contributed by atoms with Crippen molar-refractivity contribution in [2.24, 2.45) is 0 Å². The van der Waals surface area contributed by atoms with E-state index in [1.165, 1.54) is 6.07 Å². The van der Waals surface area contributed by atoms with E-state index in [2.05, 4.69) is 5.32 Å². The highest BCUT2D eigenvalue weighted by atomic mass is 35.5. The van der Waals surface area contributed by atoms with E-state index in [0.717, 1.165) is 11.3 Å². The molecule has 0 aliphatic heterocycles. The van der Waals surface area contributed by atoms with E-state index in [1.54, 1.807) is 13.2 Å². The molecular weight excluding hydrogens is 309 g/mol. The first-order chi connectivity index (χ1) is 10.0. The van der Waals surface area contributed by atoms with Crippen LogP contribution in [0, 0.1) is 0 Å². The first-order valence-electron chi connectivity index (χ1n) is 6.55. The van der Waals surface area contributed by atoms with Crippen molar-refractivity contribution >= 4 is 23.2 Å². The number of halogens is 2. The van der Waals surface area contributed by atoms with Gasteiger partial charge in [0.1, 0.15) is 11.5 Å². The van der Waals surface area contributed by atoms with Crippen molar-refractivity contribution in [3.63, 3.8) is 0 Å². The van der Waals surface area contributed by atoms with Gasteiger partial charge in [-0.15, -0.1) is 0 Å². The lowest BCUT2D eigenvalue weighted by Crippen LogP contribution is -2.18. The molecule has 112 valence electrons. The topological polar surface area (TPSA) is 41.5 Å². The van der Waals surface area contributed by atoms with Crippen LogP contribution in [0.3, 0.4) is 0 Å². The van der Waals surface area contributed by atoms with Crippen molar-refractivity contribution in [2.75, 3.05) is 7.11 Å². The minimum atomic E-state index is 0.0615. The van der Waals surface area contributed by atoms with Crippen LogP contribution in [-0.2, 0) is 6.54 Å². The minimum absolute atomic E-state index is 0.0615. The van der Waals surface area contributed by atoms with Crippen molar-refractivity contribution in [1.82, 2.24) is 5.32 Å². The van der Waals surface area contributed by atoms with Crippen LogP contribution in [0.25, 0.3) is 0 Å². The van der Waals surface area contributed by atoms with Gasteiger partial charge in [-0.3, -0.25) is 0 Å². The summed E-state index contributed by atoms with van der Waals surface area (Å²) in [6.45, 7) is 2.50. The second-order valence-corrected chi connectivity index (χ2v) is 5.62. The summed E-state index contributed by atoms with van der Waals surface area (Å²) in [5.74, 6) is 0.876. The number of benzene rings is 2. The number of aromatic hydroxyl groups is 1. The summed E-state index contributed by atoms with van der Waals surface area (Å²) in [5.41, 5.74) is 1.77. The number of phenolic OH excluding ortho intramolecular Hbond substituents is 1. The van der Waals surface area contributed by atoms with E-state index < -0.39 is 0 Å². The average Bonchev–Trinajstić information content (AvgIpc) is 2.49. The molecule has 0 aliphatic carbocycles. The van der Waals surface area contributed by atoms with E-state index >= 15 is 0 Å². The highest BCUT2D eigenvalue weighted by molar-refractivity contribution is 6.35. The number of nitrogens with one attached hydrogen (secondary N) is 1. The van der Waals surface area contributed by atoms with Gasteiger partial charge < -0.3 is 15.2 Å². The standard InChI is InChI=1S/C16H17Cl2NO2/c1-10(11-4-3-5-14(7-11)21-2)19-9-12-6-13(17)8-15(18)16(12)20/h3-8,10,19-20H,9H2,1-2H3/t10-/m0/s1. The van der Waals surface area contributed by atoms with Gasteiger partial charge >= 0.3 is 0 Å². The molecule has 5 heteroatoms. The zero-order valence-electron chi connectivity index (χ0n) is 11.9. The highest BCUT2D eigenvalue weighted by Gasteiger charge is 2.10. The molecule has 0 fully saturated rings. The Balaban J connectivity index is 2.09. The molecule has 0 heterocycles. The fourth-order valence-electron chi connectivity index (χ4n) is 2.05. The number of rotatable bonds is 5. The first-order valence-corrected chi connectivity index (χ1v) is 7.31. The molecule has 2 aromatic rings. The molecule has 0 unspecified atom stereocenters. The van der Waals surface area contributed by atoms with Gasteiger partial charge in [-0.05, 0) is 36.8 Å². The lowest BCUT2D eigenvalue weighted by atomic mass is 10.1. The third-order valence-corrected chi connectivity index (χ3v) is 3.81. The maximum Gasteiger partial charge on any atom is 0.138 e. The third-order valence-electron chi connectivity index (χ3n) is 3.30. The van der Waals surface area contributed by atoms with Crippen molar-refractivity contribution < 1.29 is 9.84 Å². The van der Waals surface area contributed by atoms with Gasteiger partial charge in [0.2, 0.25) is 0 Å². The summed E-state index contributed by atoms with van der Waals surface area (Å²) >= 11 is 11.9. The van der Waals surface area contributed by atoms with Gasteiger partial charge in [0.25, 0.3) is 0 Å². The number of phenols is 1. The van der Waals surface area contributed by atoms with Crippen LogP contribution < -0.4 is 10.1 Å². The summed E-state index contributed by atoms with van der Waals surface area (Å²) in [6.07, 6.45) is 0. The Morgan fingerprint density at radius 3 is 2.71 bits per heavy atom. The van der Waals surface area contributed by atoms with Crippen molar-refractivity contribution in [3.05, 3.63) is 57.6 Å². The Labute approximate surface area is 134 Å². The molecule has 0 amide bonds. The van der Waals surface area contributed by atoms with Crippen molar-refractivity contribution in [2.45, 2.75) is 19.5 Å². The molecule has 2 aromatic carbocycles. The van der Waals surface area contributed by atoms with Crippen LogP contribution in [0.4, 0.5) is 0 Å². The zero-order chi connectivity index (χ0) is 15.4. The van der Waals surface area contributed by atoms with E-state index in [4.69, 9.17) is 27.9 Å². The van der Waals surface area contributed by atoms with Crippen molar-refractivity contribution in [3.8, 4) is 11.5 Å². The number of hydrogen-bond acceptors (Lipinski definition) is 3. The Hall–Kier alpha value is -1.42. The number of ether oxygens (including phenoxy) is 1. The number of hydrogen-bond donors (Lipinski definition) is 2. The molecule has 0 aromatic heterocycles. The molecule has 21 heavy (non-hydrogen) atoms. The highest BCUT2D eigenvalue weighted by Crippen LogP contribution is 2.31. The first kappa shape index (κ1) is 16.0. The Bertz CT molecular complexity index is 632. The minimum Gasteiger partial charge on any atom is -0.506 e. The summed E-state index contributed by atoms with van der Waals surface area (Å²) in [7, 11) is 1.64. The molecular formula is C16H17Cl2NO2. The van der Waals surface area contributed by atoms with Gasteiger partial charge in [-0.2, -0.15) is 0 Å². The molecule has 3 nitrogen and oxygen atoms in total. The molecule has 2 N–H and O–H groups in total. The van der Waals surface area contributed by atoms with Crippen LogP contribution in [0.2, 0.25) is 10.0 Å². The fraction of sp³-hybridized carbons (Fsp3) is 0.250. The Kier molecular flexibility index (Phi) is 5.34. The van der Waals surface area contributed by atoms with E-state index in [-0.39, 0.29) is 16.8 Å². The number of methoxy groups -OCH3 is 1. The average molecular weight is 326 g/mol. The van der Waals surface area contributed by atoms with Crippen LogP contribution >= 0.6 is 23.2 Å². The maximum absolute atomic E-state index is 9.94. The van der Waals surface area contributed by atoms with Gasteiger partial charge in [-0.25, -0.2) is 0 Å². The SMILES string of the molecule is COc1cccc([C@H](C)NCc2cc(Cl)cc(Cl)c2O)c1. The molecule has 0 aliphatic rings. The monoisotopic (exact) mass is 325 g/mol. The Morgan fingerprint density at radius 1 is 1.24 bits per heavy atom. The lowest BCUT2D eigenvalue weighted by molar-refractivity contribution is 0.413. The van der Waals surface area contributed by atoms with Gasteiger partial charge in [0.05, 0.1) is 12.1 Å². The third kappa shape index (κ3) is 4.03. The lowest BCUT2D eigenvalue weighted by Gasteiger charge is -2.16. The smallest absolute Gasteiger partial charge is 0.138 e. The molecule has 0 spiro atoms.